The van der Waals surface area contributed by atoms with Crippen LogP contribution in [0.15, 0.2) is 36.4 Å². The largest absolute Gasteiger partial charge is 0.491 e. The van der Waals surface area contributed by atoms with Crippen molar-refractivity contribution >= 4 is 5.97 Å². The molecule has 4 nitrogen and oxygen atoms in total. The molecule has 0 aliphatic heterocycles. The Balaban J connectivity index is 1.70. The van der Waals surface area contributed by atoms with Crippen LogP contribution in [0.3, 0.4) is 0 Å². The molecule has 6 heteroatoms. The van der Waals surface area contributed by atoms with Crippen molar-refractivity contribution in [1.29, 1.82) is 0 Å². The van der Waals surface area contributed by atoms with Crippen LogP contribution in [-0.2, 0) is 4.79 Å². The van der Waals surface area contributed by atoms with E-state index >= 15 is 0 Å². The Morgan fingerprint density at radius 2 is 1.92 bits per heavy atom. The molecule has 0 atom stereocenters. The Bertz CT molecular complexity index is 787. The lowest BCUT2D eigenvalue weighted by molar-refractivity contribution is -0.137. The van der Waals surface area contributed by atoms with Gasteiger partial charge in [-0.05, 0) is 61.1 Å². The first-order valence-electron chi connectivity index (χ1n) is 8.63. The van der Waals surface area contributed by atoms with E-state index in [1.165, 1.54) is 24.3 Å². The topological polar surface area (TPSA) is 55.8 Å². The average Bonchev–Trinajstić information content (AvgIpc) is 2.55. The molecule has 0 amide bonds. The third-order valence-corrected chi connectivity index (χ3v) is 4.28. The van der Waals surface area contributed by atoms with Crippen LogP contribution < -0.4 is 9.47 Å². The molecule has 0 saturated heterocycles. The lowest BCUT2D eigenvalue weighted by atomic mass is 9.96. The van der Waals surface area contributed by atoms with Gasteiger partial charge in [-0.1, -0.05) is 6.07 Å². The zero-order valence-electron chi connectivity index (χ0n) is 14.2. The van der Waals surface area contributed by atoms with Crippen LogP contribution >= 0.6 is 0 Å². The number of carboxylic acid groups (broad SMARTS) is 1. The Morgan fingerprint density at radius 3 is 2.58 bits per heavy atom. The second-order valence-corrected chi connectivity index (χ2v) is 6.34. The molecule has 0 bridgehead atoms. The minimum atomic E-state index is -0.921. The highest BCUT2D eigenvalue weighted by Gasteiger charge is 2.19. The van der Waals surface area contributed by atoms with Gasteiger partial charge < -0.3 is 14.6 Å². The molecule has 2 aromatic carbocycles. The third-order valence-electron chi connectivity index (χ3n) is 4.28. The number of aliphatic carboxylic acids is 1. The van der Waals surface area contributed by atoms with Gasteiger partial charge in [0.25, 0.3) is 0 Å². The van der Waals surface area contributed by atoms with Gasteiger partial charge in [-0.15, -0.1) is 0 Å². The molecule has 1 saturated carbocycles. The molecular formula is C20H20F2O4. The SMILES string of the molecule is O=C(O)CCCOc1ccc(-c2cc(F)cc(OC3CCC3)c2)cc1F. The normalized spacial score (nSPS) is 13.9. The Hall–Kier alpha value is -2.63. The summed E-state index contributed by atoms with van der Waals surface area (Å²) in [5.41, 5.74) is 1.04. The van der Waals surface area contributed by atoms with Crippen molar-refractivity contribution in [3.63, 3.8) is 0 Å². The second-order valence-electron chi connectivity index (χ2n) is 6.34. The molecular weight excluding hydrogens is 342 g/mol. The number of halogens is 2. The fourth-order valence-electron chi connectivity index (χ4n) is 2.68. The van der Waals surface area contributed by atoms with Gasteiger partial charge in [-0.3, -0.25) is 4.79 Å². The second kappa shape index (κ2) is 8.17. The molecule has 26 heavy (non-hydrogen) atoms. The molecule has 1 N–H and O–H groups in total. The van der Waals surface area contributed by atoms with Gasteiger partial charge in [0.05, 0.1) is 12.7 Å². The Labute approximate surface area is 150 Å². The predicted octanol–water partition coefficient (Wildman–Crippen LogP) is 4.81. The van der Waals surface area contributed by atoms with E-state index in [1.54, 1.807) is 12.1 Å². The summed E-state index contributed by atoms with van der Waals surface area (Å²) in [5, 5.41) is 8.58. The summed E-state index contributed by atoms with van der Waals surface area (Å²) in [6.45, 7) is 0.113. The summed E-state index contributed by atoms with van der Waals surface area (Å²) in [7, 11) is 0. The first-order valence-corrected chi connectivity index (χ1v) is 8.63. The summed E-state index contributed by atoms with van der Waals surface area (Å²) in [4.78, 5) is 10.5. The van der Waals surface area contributed by atoms with E-state index in [0.717, 1.165) is 19.3 Å². The van der Waals surface area contributed by atoms with E-state index in [-0.39, 0.29) is 24.9 Å². The number of carbonyl (C=O) groups is 1. The number of carboxylic acids is 1. The molecule has 0 unspecified atom stereocenters. The molecule has 0 aromatic heterocycles. The Kier molecular flexibility index (Phi) is 5.71. The minimum absolute atomic E-state index is 0.0350. The van der Waals surface area contributed by atoms with Gasteiger partial charge in [0.1, 0.15) is 11.6 Å². The lowest BCUT2D eigenvalue weighted by Crippen LogP contribution is -2.24. The fraction of sp³-hybridized carbons (Fsp3) is 0.350. The van der Waals surface area contributed by atoms with Gasteiger partial charge in [-0.25, -0.2) is 8.78 Å². The molecule has 138 valence electrons. The zero-order chi connectivity index (χ0) is 18.5. The summed E-state index contributed by atoms with van der Waals surface area (Å²) < 4.78 is 39.1. The van der Waals surface area contributed by atoms with Crippen LogP contribution in [0.2, 0.25) is 0 Å². The maximum atomic E-state index is 14.2. The number of hydrogen-bond acceptors (Lipinski definition) is 3. The van der Waals surface area contributed by atoms with Crippen molar-refractivity contribution in [3.8, 4) is 22.6 Å². The monoisotopic (exact) mass is 362 g/mol. The fourth-order valence-corrected chi connectivity index (χ4v) is 2.68. The summed E-state index contributed by atoms with van der Waals surface area (Å²) in [6, 6.07) is 8.73. The number of hydrogen-bond donors (Lipinski definition) is 1. The summed E-state index contributed by atoms with van der Waals surface area (Å²) in [6.07, 6.45) is 3.44. The molecule has 0 radical (unpaired) electrons. The van der Waals surface area contributed by atoms with Crippen molar-refractivity contribution in [2.24, 2.45) is 0 Å². The first-order chi connectivity index (χ1) is 12.5. The van der Waals surface area contributed by atoms with Crippen LogP contribution in [-0.4, -0.2) is 23.8 Å². The van der Waals surface area contributed by atoms with Crippen LogP contribution in [0.1, 0.15) is 32.1 Å². The van der Waals surface area contributed by atoms with Crippen molar-refractivity contribution in [2.45, 2.75) is 38.2 Å². The number of benzene rings is 2. The van der Waals surface area contributed by atoms with Crippen molar-refractivity contribution in [2.75, 3.05) is 6.61 Å². The average molecular weight is 362 g/mol. The summed E-state index contributed by atoms with van der Waals surface area (Å²) >= 11 is 0. The predicted molar refractivity (Wildman–Crippen MR) is 92.4 cm³/mol. The molecule has 0 spiro atoms. The smallest absolute Gasteiger partial charge is 0.303 e. The van der Waals surface area contributed by atoms with Gasteiger partial charge in [0.15, 0.2) is 11.6 Å². The maximum Gasteiger partial charge on any atom is 0.303 e. The van der Waals surface area contributed by atoms with E-state index in [0.29, 0.717) is 23.3 Å². The van der Waals surface area contributed by atoms with Crippen LogP contribution in [0.5, 0.6) is 11.5 Å². The molecule has 1 fully saturated rings. The number of rotatable bonds is 8. The molecule has 1 aliphatic rings. The highest BCUT2D eigenvalue weighted by atomic mass is 19.1. The molecule has 0 heterocycles. The quantitative estimate of drug-likeness (QED) is 0.685. The van der Waals surface area contributed by atoms with Gasteiger partial charge in [0, 0.05) is 12.5 Å². The highest BCUT2D eigenvalue weighted by molar-refractivity contribution is 5.67. The maximum absolute atomic E-state index is 14.2. The van der Waals surface area contributed by atoms with Crippen LogP contribution in [0, 0.1) is 11.6 Å². The van der Waals surface area contributed by atoms with Crippen molar-refractivity contribution in [1.82, 2.24) is 0 Å². The van der Waals surface area contributed by atoms with Crippen LogP contribution in [0.4, 0.5) is 8.78 Å². The van der Waals surface area contributed by atoms with E-state index in [2.05, 4.69) is 0 Å². The van der Waals surface area contributed by atoms with E-state index in [4.69, 9.17) is 14.6 Å². The van der Waals surface area contributed by atoms with Crippen LogP contribution in [0.25, 0.3) is 11.1 Å². The standard InChI is InChI=1S/C20H20F2O4/c21-15-9-14(10-17(12-15)26-16-3-1-4-16)13-6-7-19(18(22)11-13)25-8-2-5-20(23)24/h6-7,9-12,16H,1-5,8H2,(H,23,24). The highest BCUT2D eigenvalue weighted by Crippen LogP contribution is 2.31. The van der Waals surface area contributed by atoms with Gasteiger partial charge in [-0.2, -0.15) is 0 Å². The summed E-state index contributed by atoms with van der Waals surface area (Å²) in [5.74, 6) is -1.45. The van der Waals surface area contributed by atoms with E-state index in [1.807, 2.05) is 0 Å². The zero-order valence-corrected chi connectivity index (χ0v) is 14.2. The minimum Gasteiger partial charge on any atom is -0.491 e. The van der Waals surface area contributed by atoms with Crippen molar-refractivity contribution in [3.05, 3.63) is 48.0 Å². The van der Waals surface area contributed by atoms with Crippen molar-refractivity contribution < 1.29 is 28.2 Å². The first kappa shape index (κ1) is 18.2. The van der Waals surface area contributed by atoms with E-state index < -0.39 is 17.6 Å². The van der Waals surface area contributed by atoms with Gasteiger partial charge in [0.2, 0.25) is 0 Å². The molecule has 3 rings (SSSR count). The molecule has 2 aromatic rings. The third kappa shape index (κ3) is 4.71. The van der Waals surface area contributed by atoms with E-state index in [9.17, 15) is 13.6 Å². The Morgan fingerprint density at radius 1 is 1.12 bits per heavy atom. The lowest BCUT2D eigenvalue weighted by Gasteiger charge is -2.26. The van der Waals surface area contributed by atoms with Gasteiger partial charge >= 0.3 is 5.97 Å². The number of ether oxygens (including phenoxy) is 2. The molecule has 1 aliphatic carbocycles.